The number of hydrogen-bond donors (Lipinski definition) is 0. The predicted molar refractivity (Wildman–Crippen MR) is 265 cm³/mol. The molecule has 0 bridgehead atoms. The van der Waals surface area contributed by atoms with E-state index in [1.165, 1.54) is 96.3 Å². The first-order chi connectivity index (χ1) is 24.4. The molecule has 0 aromatic carbocycles. The van der Waals surface area contributed by atoms with Gasteiger partial charge in [-0.3, -0.25) is 0 Å². The molecular formula is C53H126. The molecule has 338 valence electrons. The predicted octanol–water partition coefficient (Wildman–Crippen LogP) is 22.0. The monoisotopic (exact) mass is 763 g/mol. The summed E-state index contributed by atoms with van der Waals surface area (Å²) in [7, 11) is 0. The number of rotatable bonds is 2. The molecule has 0 aliphatic heterocycles. The summed E-state index contributed by atoms with van der Waals surface area (Å²) >= 11 is 0. The van der Waals surface area contributed by atoms with Crippen molar-refractivity contribution in [3.8, 4) is 0 Å². The summed E-state index contributed by atoms with van der Waals surface area (Å²) in [6.07, 6.45) is 21.5. The van der Waals surface area contributed by atoms with Crippen LogP contribution in [-0.4, -0.2) is 0 Å². The van der Waals surface area contributed by atoms with Crippen molar-refractivity contribution in [2.75, 3.05) is 0 Å². The zero-order valence-electron chi connectivity index (χ0n) is 45.1. The Kier molecular flexibility index (Phi) is 97.7. The Morgan fingerprint density at radius 2 is 0.528 bits per heavy atom. The lowest BCUT2D eigenvalue weighted by Crippen LogP contribution is -2.00. The summed E-state index contributed by atoms with van der Waals surface area (Å²) in [6.45, 7) is 64.7. The average molecular weight is 764 g/mol. The van der Waals surface area contributed by atoms with E-state index in [1.807, 2.05) is 55.4 Å². The SMILES string of the molecule is CC.CC.CC.CC.CC(C)(C)C.CC(C)C.CC1CC1.CC1CCCC1.CC1CCCCC1.CCC.CCC(C)(C)C.CCC(C)C.CCC(C)C. The maximum atomic E-state index is 2.36. The fourth-order valence-electron chi connectivity index (χ4n) is 2.60. The third-order valence-electron chi connectivity index (χ3n) is 7.10. The normalized spacial score (nSPS) is 14.0. The molecule has 0 heterocycles. The van der Waals surface area contributed by atoms with Gasteiger partial charge in [-0.2, -0.15) is 0 Å². The van der Waals surface area contributed by atoms with E-state index in [9.17, 15) is 0 Å². The zero-order chi connectivity index (χ0) is 45.1. The minimum Gasteiger partial charge on any atom is -0.0683 e. The fourth-order valence-corrected chi connectivity index (χ4v) is 2.60. The minimum absolute atomic E-state index is 0.500. The van der Waals surface area contributed by atoms with Crippen LogP contribution in [0.4, 0.5) is 0 Å². The van der Waals surface area contributed by atoms with Gasteiger partial charge in [0, 0.05) is 0 Å². The lowest BCUT2D eigenvalue weighted by molar-refractivity contribution is 0.385. The minimum atomic E-state index is 0.500. The Balaban J connectivity index is -0.0000000482. The van der Waals surface area contributed by atoms with Crippen LogP contribution in [-0.2, 0) is 0 Å². The maximum absolute atomic E-state index is 2.36. The molecular weight excluding hydrogens is 637 g/mol. The molecule has 0 aromatic rings. The first-order valence-corrected chi connectivity index (χ1v) is 24.4. The molecule has 0 unspecified atom stereocenters. The molecule has 3 saturated carbocycles. The van der Waals surface area contributed by atoms with Crippen LogP contribution < -0.4 is 0 Å². The van der Waals surface area contributed by atoms with Crippen molar-refractivity contribution >= 4 is 0 Å². The quantitative estimate of drug-likeness (QED) is 0.263. The number of hydrogen-bond acceptors (Lipinski definition) is 0. The summed E-state index contributed by atoms with van der Waals surface area (Å²) in [5, 5.41) is 0. The van der Waals surface area contributed by atoms with Crippen molar-refractivity contribution in [3.63, 3.8) is 0 Å². The van der Waals surface area contributed by atoms with Gasteiger partial charge in [-0.25, -0.2) is 0 Å². The van der Waals surface area contributed by atoms with E-state index in [4.69, 9.17) is 0 Å². The van der Waals surface area contributed by atoms with E-state index in [2.05, 4.69) is 152 Å². The van der Waals surface area contributed by atoms with Gasteiger partial charge >= 0.3 is 0 Å². The van der Waals surface area contributed by atoms with Crippen molar-refractivity contribution in [2.45, 2.75) is 304 Å². The Hall–Kier alpha value is 0. The van der Waals surface area contributed by atoms with Gasteiger partial charge in [0.15, 0.2) is 0 Å². The molecule has 53 heavy (non-hydrogen) atoms. The molecule has 3 rings (SSSR count). The van der Waals surface area contributed by atoms with Crippen LogP contribution in [0.1, 0.15) is 304 Å². The molecule has 0 amide bonds. The highest BCUT2D eigenvalue weighted by Gasteiger charge is 2.12. The summed E-state index contributed by atoms with van der Waals surface area (Å²) in [6, 6.07) is 0. The molecule has 0 saturated heterocycles. The van der Waals surface area contributed by atoms with Crippen LogP contribution in [0.15, 0.2) is 0 Å². The second-order valence-corrected chi connectivity index (χ2v) is 18.8. The Morgan fingerprint density at radius 3 is 0.566 bits per heavy atom. The summed E-state index contributed by atoms with van der Waals surface area (Å²) < 4.78 is 0. The molecule has 0 nitrogen and oxygen atoms in total. The van der Waals surface area contributed by atoms with Gasteiger partial charge in [0.25, 0.3) is 0 Å². The lowest BCUT2D eigenvalue weighted by atomic mass is 9.91. The summed E-state index contributed by atoms with van der Waals surface area (Å²) in [4.78, 5) is 0. The third-order valence-corrected chi connectivity index (χ3v) is 7.10. The molecule has 0 radical (unpaired) electrons. The van der Waals surface area contributed by atoms with Crippen LogP contribution in [0.5, 0.6) is 0 Å². The van der Waals surface area contributed by atoms with E-state index in [0.29, 0.717) is 10.8 Å². The Labute approximate surface area is 349 Å². The molecule has 3 fully saturated rings. The first kappa shape index (κ1) is 77.5. The van der Waals surface area contributed by atoms with Gasteiger partial charge < -0.3 is 0 Å². The molecule has 0 heteroatoms. The van der Waals surface area contributed by atoms with Crippen LogP contribution in [0.3, 0.4) is 0 Å². The summed E-state index contributed by atoms with van der Waals surface area (Å²) in [5.74, 6) is 5.77. The molecule has 0 N–H and O–H groups in total. The molecule has 0 spiro atoms. The van der Waals surface area contributed by atoms with Crippen LogP contribution in [0.2, 0.25) is 0 Å². The van der Waals surface area contributed by atoms with Gasteiger partial charge in [0.2, 0.25) is 0 Å². The van der Waals surface area contributed by atoms with Crippen molar-refractivity contribution in [3.05, 3.63) is 0 Å². The highest BCUT2D eigenvalue weighted by molar-refractivity contribution is 4.65. The van der Waals surface area contributed by atoms with Crippen LogP contribution in [0.25, 0.3) is 0 Å². The van der Waals surface area contributed by atoms with Crippen molar-refractivity contribution in [1.82, 2.24) is 0 Å². The van der Waals surface area contributed by atoms with Crippen molar-refractivity contribution in [1.29, 1.82) is 0 Å². The zero-order valence-corrected chi connectivity index (χ0v) is 45.1. The highest BCUT2D eigenvalue weighted by Crippen LogP contribution is 2.26. The van der Waals surface area contributed by atoms with Crippen LogP contribution >= 0.6 is 0 Å². The van der Waals surface area contributed by atoms with E-state index in [1.54, 1.807) is 0 Å². The van der Waals surface area contributed by atoms with E-state index >= 15 is 0 Å². The molecule has 0 atom stereocenters. The van der Waals surface area contributed by atoms with Crippen molar-refractivity contribution < 1.29 is 0 Å². The molecule has 0 aromatic heterocycles. The average Bonchev–Trinajstić information content (AvgIpc) is 3.73. The smallest absolute Gasteiger partial charge is 0.0385 e. The largest absolute Gasteiger partial charge is 0.0683 e. The second-order valence-electron chi connectivity index (χ2n) is 18.8. The highest BCUT2D eigenvalue weighted by atomic mass is 14.2. The Morgan fingerprint density at radius 1 is 0.396 bits per heavy atom. The standard InChI is InChI=1S/C7H14.C6H12.C6H14.3C5H12.C4H8.C4H10.C3H8.4C2H6/c1-7-5-3-2-4-6-7;1-6-4-2-3-5-6;1-5-6(2,3)4;1-5(2,3)4;2*1-4-5(2)3;1-4-2-3-4;1-4(2)3;1-3-2;4*1-2/h7H,2-6H2,1H3;6H,2-5H2,1H3;5H2,1-4H3;1-4H3;2*5H,4H2,1-3H3;4H,2-3H2,1H3;4H,1-3H3;3H2,1-2H3;4*1-2H3. The topological polar surface area (TPSA) is 0 Å². The fraction of sp³-hybridized carbons (Fsp3) is 1.00. The van der Waals surface area contributed by atoms with Crippen LogP contribution in [0, 0.1) is 46.3 Å². The van der Waals surface area contributed by atoms with E-state index in [0.717, 1.165) is 35.5 Å². The van der Waals surface area contributed by atoms with Gasteiger partial charge in [-0.1, -0.05) is 304 Å². The van der Waals surface area contributed by atoms with E-state index < -0.39 is 0 Å². The third kappa shape index (κ3) is 208. The second kappa shape index (κ2) is 66.8. The van der Waals surface area contributed by atoms with Gasteiger partial charge in [0.1, 0.15) is 0 Å². The Bertz CT molecular complexity index is 436. The molecule has 3 aliphatic rings. The van der Waals surface area contributed by atoms with Gasteiger partial charge in [-0.05, 0) is 46.3 Å². The molecule has 3 aliphatic carbocycles. The van der Waals surface area contributed by atoms with Gasteiger partial charge in [-0.15, -0.1) is 0 Å². The van der Waals surface area contributed by atoms with Gasteiger partial charge in [0.05, 0.1) is 0 Å². The first-order valence-electron chi connectivity index (χ1n) is 24.4. The maximum Gasteiger partial charge on any atom is -0.0385 e. The van der Waals surface area contributed by atoms with Crippen molar-refractivity contribution in [2.24, 2.45) is 46.3 Å². The van der Waals surface area contributed by atoms with E-state index in [-0.39, 0.29) is 0 Å². The summed E-state index contributed by atoms with van der Waals surface area (Å²) in [5.41, 5.74) is 1.04. The lowest BCUT2D eigenvalue weighted by Gasteiger charge is -2.15.